The first-order valence-electron chi connectivity index (χ1n) is 4.81. The van der Waals surface area contributed by atoms with Crippen LogP contribution in [-0.2, 0) is 10.2 Å². The summed E-state index contributed by atoms with van der Waals surface area (Å²) in [6.45, 7) is 5.48. The maximum atomic E-state index is 13.1. The van der Waals surface area contributed by atoms with Gasteiger partial charge in [0.15, 0.2) is 0 Å². The lowest BCUT2D eigenvalue weighted by Gasteiger charge is -2.25. The zero-order valence-corrected chi connectivity index (χ0v) is 9.17. The second-order valence-corrected chi connectivity index (χ2v) is 4.41. The maximum absolute atomic E-state index is 13.1. The lowest BCUT2D eigenvalue weighted by Crippen LogP contribution is -2.23. The Kier molecular flexibility index (Phi) is 3.12. The van der Waals surface area contributed by atoms with Gasteiger partial charge in [0, 0.05) is 5.41 Å². The molecule has 0 aliphatic carbocycles. The van der Waals surface area contributed by atoms with Crippen molar-refractivity contribution in [3.63, 3.8) is 0 Å². The Labute approximate surface area is 88.7 Å². The maximum Gasteiger partial charge on any atom is 0.304 e. The van der Waals surface area contributed by atoms with E-state index in [0.717, 1.165) is 11.1 Å². The fourth-order valence-corrected chi connectivity index (χ4v) is 1.80. The van der Waals surface area contributed by atoms with Gasteiger partial charge in [0.1, 0.15) is 5.82 Å². The Morgan fingerprint density at radius 3 is 2.60 bits per heavy atom. The molecule has 0 aliphatic heterocycles. The quantitative estimate of drug-likeness (QED) is 0.832. The second kappa shape index (κ2) is 4.01. The van der Waals surface area contributed by atoms with Gasteiger partial charge in [-0.25, -0.2) is 4.39 Å². The summed E-state index contributed by atoms with van der Waals surface area (Å²) in [6.07, 6.45) is -0.00269. The molecule has 1 aromatic rings. The van der Waals surface area contributed by atoms with Crippen LogP contribution in [-0.4, -0.2) is 11.1 Å². The molecule has 0 spiro atoms. The summed E-state index contributed by atoms with van der Waals surface area (Å²) in [4.78, 5) is 10.7. The van der Waals surface area contributed by atoms with Crippen LogP contribution in [0.2, 0.25) is 0 Å². The first-order valence-corrected chi connectivity index (χ1v) is 4.81. The molecule has 0 fully saturated rings. The van der Waals surface area contributed by atoms with Gasteiger partial charge >= 0.3 is 5.97 Å². The van der Waals surface area contributed by atoms with Crippen LogP contribution in [0, 0.1) is 12.7 Å². The summed E-state index contributed by atoms with van der Waals surface area (Å²) < 4.78 is 13.1. The molecular weight excluding hydrogens is 195 g/mol. The Balaban J connectivity index is 3.13. The van der Waals surface area contributed by atoms with Gasteiger partial charge in [0.05, 0.1) is 6.42 Å². The third-order valence-corrected chi connectivity index (χ3v) is 2.52. The van der Waals surface area contributed by atoms with Gasteiger partial charge in [0.25, 0.3) is 0 Å². The Morgan fingerprint density at radius 1 is 1.47 bits per heavy atom. The highest BCUT2D eigenvalue weighted by molar-refractivity contribution is 5.69. The second-order valence-electron chi connectivity index (χ2n) is 4.41. The average molecular weight is 210 g/mol. The SMILES string of the molecule is Cc1ccc(F)cc1C(C)(C)CC(=O)O. The molecule has 0 radical (unpaired) electrons. The van der Waals surface area contributed by atoms with E-state index in [1.807, 2.05) is 20.8 Å². The van der Waals surface area contributed by atoms with Crippen LogP contribution in [0.1, 0.15) is 31.4 Å². The topological polar surface area (TPSA) is 37.3 Å². The lowest BCUT2D eigenvalue weighted by molar-refractivity contribution is -0.138. The van der Waals surface area contributed by atoms with Gasteiger partial charge < -0.3 is 5.11 Å². The van der Waals surface area contributed by atoms with E-state index in [9.17, 15) is 9.18 Å². The number of aryl methyl sites for hydroxylation is 1. The predicted octanol–water partition coefficient (Wildman–Crippen LogP) is 2.89. The van der Waals surface area contributed by atoms with Crippen molar-refractivity contribution in [2.24, 2.45) is 0 Å². The zero-order chi connectivity index (χ0) is 11.6. The van der Waals surface area contributed by atoms with Crippen molar-refractivity contribution in [3.8, 4) is 0 Å². The van der Waals surface area contributed by atoms with Crippen molar-refractivity contribution in [1.82, 2.24) is 0 Å². The molecule has 1 N–H and O–H groups in total. The van der Waals surface area contributed by atoms with Gasteiger partial charge in [0.2, 0.25) is 0 Å². The highest BCUT2D eigenvalue weighted by atomic mass is 19.1. The standard InChI is InChI=1S/C12H15FO2/c1-8-4-5-9(13)6-10(8)12(2,3)7-11(14)15/h4-6H,7H2,1-3H3,(H,14,15). The number of halogens is 1. The van der Waals surface area contributed by atoms with Gasteiger partial charge in [-0.3, -0.25) is 4.79 Å². The highest BCUT2D eigenvalue weighted by Gasteiger charge is 2.25. The Morgan fingerprint density at radius 2 is 2.07 bits per heavy atom. The summed E-state index contributed by atoms with van der Waals surface area (Å²) in [7, 11) is 0. The summed E-state index contributed by atoms with van der Waals surface area (Å²) in [5.41, 5.74) is 1.13. The van der Waals surface area contributed by atoms with Crippen LogP contribution in [0.15, 0.2) is 18.2 Å². The molecule has 1 rings (SSSR count). The first-order chi connectivity index (χ1) is 6.83. The molecule has 3 heteroatoms. The summed E-state index contributed by atoms with van der Waals surface area (Å²) in [5.74, 6) is -1.20. The third kappa shape index (κ3) is 2.78. The molecule has 0 atom stereocenters. The number of carboxylic acid groups (broad SMARTS) is 1. The van der Waals surface area contributed by atoms with E-state index in [-0.39, 0.29) is 12.2 Å². The number of carbonyl (C=O) groups is 1. The minimum atomic E-state index is -0.872. The molecular formula is C12H15FO2. The molecule has 0 unspecified atom stereocenters. The number of rotatable bonds is 3. The number of benzene rings is 1. The molecule has 0 heterocycles. The molecule has 0 saturated carbocycles. The fraction of sp³-hybridized carbons (Fsp3) is 0.417. The van der Waals surface area contributed by atoms with Crippen LogP contribution in [0.4, 0.5) is 4.39 Å². The van der Waals surface area contributed by atoms with Crippen molar-refractivity contribution in [1.29, 1.82) is 0 Å². The van der Waals surface area contributed by atoms with Crippen LogP contribution < -0.4 is 0 Å². The van der Waals surface area contributed by atoms with Gasteiger partial charge in [-0.2, -0.15) is 0 Å². The minimum absolute atomic E-state index is 0.00269. The molecule has 0 bridgehead atoms. The van der Waals surface area contributed by atoms with E-state index < -0.39 is 11.4 Å². The lowest BCUT2D eigenvalue weighted by atomic mass is 9.79. The zero-order valence-electron chi connectivity index (χ0n) is 9.17. The molecule has 15 heavy (non-hydrogen) atoms. The molecule has 2 nitrogen and oxygen atoms in total. The van der Waals surface area contributed by atoms with E-state index >= 15 is 0 Å². The molecule has 0 aromatic heterocycles. The van der Waals surface area contributed by atoms with Crippen LogP contribution in [0.3, 0.4) is 0 Å². The van der Waals surface area contributed by atoms with Crippen molar-refractivity contribution < 1.29 is 14.3 Å². The third-order valence-electron chi connectivity index (χ3n) is 2.52. The van der Waals surface area contributed by atoms with Crippen molar-refractivity contribution in [2.75, 3.05) is 0 Å². The van der Waals surface area contributed by atoms with E-state index in [1.165, 1.54) is 12.1 Å². The van der Waals surface area contributed by atoms with E-state index in [4.69, 9.17) is 5.11 Å². The average Bonchev–Trinajstić information content (AvgIpc) is 2.06. The van der Waals surface area contributed by atoms with Crippen molar-refractivity contribution in [2.45, 2.75) is 32.6 Å². The Hall–Kier alpha value is -1.38. The summed E-state index contributed by atoms with van der Waals surface area (Å²) in [6, 6.07) is 4.47. The van der Waals surface area contributed by atoms with E-state index in [1.54, 1.807) is 6.07 Å². The van der Waals surface area contributed by atoms with E-state index in [0.29, 0.717) is 0 Å². The van der Waals surface area contributed by atoms with E-state index in [2.05, 4.69) is 0 Å². The predicted molar refractivity (Wildman–Crippen MR) is 56.4 cm³/mol. The minimum Gasteiger partial charge on any atom is -0.481 e. The van der Waals surface area contributed by atoms with Gasteiger partial charge in [-0.15, -0.1) is 0 Å². The van der Waals surface area contributed by atoms with Crippen LogP contribution >= 0.6 is 0 Å². The fourth-order valence-electron chi connectivity index (χ4n) is 1.80. The van der Waals surface area contributed by atoms with Gasteiger partial charge in [-0.05, 0) is 30.2 Å². The van der Waals surface area contributed by atoms with Gasteiger partial charge in [-0.1, -0.05) is 19.9 Å². The number of carboxylic acids is 1. The van der Waals surface area contributed by atoms with Crippen molar-refractivity contribution in [3.05, 3.63) is 35.1 Å². The molecule has 0 aliphatic rings. The highest BCUT2D eigenvalue weighted by Crippen LogP contribution is 2.30. The van der Waals surface area contributed by atoms with Crippen LogP contribution in [0.25, 0.3) is 0 Å². The largest absolute Gasteiger partial charge is 0.481 e. The smallest absolute Gasteiger partial charge is 0.304 e. The molecule has 0 amide bonds. The molecule has 1 aromatic carbocycles. The number of hydrogen-bond acceptors (Lipinski definition) is 1. The first kappa shape index (κ1) is 11.7. The van der Waals surface area contributed by atoms with Crippen molar-refractivity contribution >= 4 is 5.97 Å². The molecule has 82 valence electrons. The monoisotopic (exact) mass is 210 g/mol. The summed E-state index contributed by atoms with van der Waals surface area (Å²) in [5, 5.41) is 8.78. The molecule has 0 saturated heterocycles. The normalized spacial score (nSPS) is 11.5. The number of aliphatic carboxylic acids is 1. The summed E-state index contributed by atoms with van der Waals surface area (Å²) >= 11 is 0. The number of hydrogen-bond donors (Lipinski definition) is 1. The Bertz CT molecular complexity index is 383. The van der Waals surface area contributed by atoms with Crippen LogP contribution in [0.5, 0.6) is 0 Å².